The number of aliphatic hydroxyl groups excluding tert-OH is 3. The highest BCUT2D eigenvalue weighted by Gasteiger charge is 2.06. The molecule has 0 atom stereocenters. The van der Waals surface area contributed by atoms with Crippen molar-refractivity contribution in [1.29, 1.82) is 0 Å². The standard InChI is InChI=1S/C24H35N3O3/c28-18-5-1-3-16-27(17-4-2-6-19-29)24-13-11-23(12-14-24)26-25-22-9-7-21(8-10-22)15-20-30/h7-14,28-30H,1-6,15-20H2. The first-order valence-electron chi connectivity index (χ1n) is 10.9. The van der Waals surface area contributed by atoms with Crippen LogP contribution in [0, 0.1) is 0 Å². The van der Waals surface area contributed by atoms with Gasteiger partial charge in [0.25, 0.3) is 0 Å². The van der Waals surface area contributed by atoms with Crippen LogP contribution in [0.25, 0.3) is 0 Å². The Hall–Kier alpha value is -2.28. The number of benzene rings is 2. The van der Waals surface area contributed by atoms with E-state index in [1.54, 1.807) is 0 Å². The fraction of sp³-hybridized carbons (Fsp3) is 0.500. The molecule has 0 aromatic heterocycles. The van der Waals surface area contributed by atoms with E-state index in [0.29, 0.717) is 6.42 Å². The number of aliphatic hydroxyl groups is 3. The maximum Gasteiger partial charge on any atom is 0.0858 e. The van der Waals surface area contributed by atoms with Gasteiger partial charge in [0, 0.05) is 38.6 Å². The van der Waals surface area contributed by atoms with E-state index in [1.807, 2.05) is 36.4 Å². The van der Waals surface area contributed by atoms with Crippen LogP contribution in [0.2, 0.25) is 0 Å². The van der Waals surface area contributed by atoms with E-state index in [-0.39, 0.29) is 19.8 Å². The van der Waals surface area contributed by atoms with Gasteiger partial charge in [0.2, 0.25) is 0 Å². The summed E-state index contributed by atoms with van der Waals surface area (Å²) in [5.74, 6) is 0. The molecule has 0 bridgehead atoms. The van der Waals surface area contributed by atoms with Crippen molar-refractivity contribution >= 4 is 17.1 Å². The summed E-state index contributed by atoms with van der Waals surface area (Å²) in [6, 6.07) is 15.8. The maximum atomic E-state index is 8.98. The van der Waals surface area contributed by atoms with Crippen LogP contribution in [0.1, 0.15) is 44.1 Å². The minimum Gasteiger partial charge on any atom is -0.396 e. The molecular formula is C24H35N3O3. The van der Waals surface area contributed by atoms with Gasteiger partial charge in [-0.1, -0.05) is 12.1 Å². The lowest BCUT2D eigenvalue weighted by atomic mass is 10.1. The number of azo groups is 1. The Morgan fingerprint density at radius 2 is 1.07 bits per heavy atom. The van der Waals surface area contributed by atoms with E-state index in [2.05, 4.69) is 27.3 Å². The minimum atomic E-state index is 0.146. The van der Waals surface area contributed by atoms with Crippen molar-refractivity contribution in [2.24, 2.45) is 10.2 Å². The van der Waals surface area contributed by atoms with Crippen LogP contribution < -0.4 is 4.90 Å². The summed E-state index contributed by atoms with van der Waals surface area (Å²) in [6.07, 6.45) is 6.48. The van der Waals surface area contributed by atoms with Crippen LogP contribution in [-0.2, 0) is 6.42 Å². The van der Waals surface area contributed by atoms with Crippen LogP contribution in [0.5, 0.6) is 0 Å². The number of nitrogens with zero attached hydrogens (tertiary/aromatic N) is 3. The summed E-state index contributed by atoms with van der Waals surface area (Å²) in [5, 5.41) is 35.6. The molecule has 2 aromatic rings. The summed E-state index contributed by atoms with van der Waals surface area (Å²) < 4.78 is 0. The molecule has 0 saturated heterocycles. The first-order valence-corrected chi connectivity index (χ1v) is 10.9. The van der Waals surface area contributed by atoms with Gasteiger partial charge in [-0.2, -0.15) is 10.2 Å². The van der Waals surface area contributed by atoms with Crippen LogP contribution in [-0.4, -0.2) is 48.2 Å². The highest BCUT2D eigenvalue weighted by molar-refractivity contribution is 5.53. The zero-order valence-corrected chi connectivity index (χ0v) is 17.8. The largest absolute Gasteiger partial charge is 0.396 e. The Labute approximate surface area is 179 Å². The molecule has 0 fully saturated rings. The zero-order chi connectivity index (χ0) is 21.4. The van der Waals surface area contributed by atoms with Gasteiger partial charge < -0.3 is 20.2 Å². The molecule has 0 aliphatic carbocycles. The lowest BCUT2D eigenvalue weighted by molar-refractivity contribution is 0.282. The first-order chi connectivity index (χ1) is 14.8. The second kappa shape index (κ2) is 14.7. The molecule has 2 aromatic carbocycles. The zero-order valence-electron chi connectivity index (χ0n) is 17.8. The SMILES string of the molecule is OCCCCCN(CCCCCO)c1ccc(N=Nc2ccc(CCO)cc2)cc1. The third kappa shape index (κ3) is 9.03. The predicted octanol–water partition coefficient (Wildman–Crippen LogP) is 4.77. The van der Waals surface area contributed by atoms with Crippen molar-refractivity contribution < 1.29 is 15.3 Å². The predicted molar refractivity (Wildman–Crippen MR) is 122 cm³/mol. The van der Waals surface area contributed by atoms with Gasteiger partial charge in [-0.3, -0.25) is 0 Å². The molecule has 0 aliphatic rings. The summed E-state index contributed by atoms with van der Waals surface area (Å²) in [4.78, 5) is 2.37. The van der Waals surface area contributed by atoms with E-state index in [0.717, 1.165) is 74.2 Å². The van der Waals surface area contributed by atoms with Crippen molar-refractivity contribution in [3.05, 3.63) is 54.1 Å². The smallest absolute Gasteiger partial charge is 0.0858 e. The van der Waals surface area contributed by atoms with Gasteiger partial charge in [-0.05, 0) is 86.9 Å². The van der Waals surface area contributed by atoms with Gasteiger partial charge in [0.05, 0.1) is 11.4 Å². The highest BCUT2D eigenvalue weighted by atomic mass is 16.3. The highest BCUT2D eigenvalue weighted by Crippen LogP contribution is 2.23. The first kappa shape index (κ1) is 24.0. The van der Waals surface area contributed by atoms with Crippen molar-refractivity contribution in [3.8, 4) is 0 Å². The van der Waals surface area contributed by atoms with Crippen molar-refractivity contribution in [3.63, 3.8) is 0 Å². The van der Waals surface area contributed by atoms with Crippen LogP contribution in [0.4, 0.5) is 17.1 Å². The minimum absolute atomic E-state index is 0.146. The van der Waals surface area contributed by atoms with Crippen molar-refractivity contribution in [2.75, 3.05) is 37.8 Å². The Bertz CT molecular complexity index is 705. The van der Waals surface area contributed by atoms with E-state index >= 15 is 0 Å². The summed E-state index contributed by atoms with van der Waals surface area (Å²) in [6.45, 7) is 2.56. The molecule has 0 radical (unpaired) electrons. The molecule has 0 amide bonds. The van der Waals surface area contributed by atoms with Crippen LogP contribution in [0.15, 0.2) is 58.8 Å². The normalized spacial score (nSPS) is 11.3. The maximum absolute atomic E-state index is 8.98. The van der Waals surface area contributed by atoms with Crippen molar-refractivity contribution in [1.82, 2.24) is 0 Å². The quantitative estimate of drug-likeness (QED) is 0.290. The number of anilines is 1. The summed E-state index contributed by atoms with van der Waals surface area (Å²) in [7, 11) is 0. The lowest BCUT2D eigenvalue weighted by Gasteiger charge is -2.25. The second-order valence-corrected chi connectivity index (χ2v) is 7.41. The van der Waals surface area contributed by atoms with E-state index in [1.165, 1.54) is 0 Å². The Balaban J connectivity index is 1.95. The molecule has 2 rings (SSSR count). The van der Waals surface area contributed by atoms with Gasteiger partial charge in [-0.15, -0.1) is 0 Å². The summed E-state index contributed by atoms with van der Waals surface area (Å²) in [5.41, 5.74) is 3.84. The molecule has 6 nitrogen and oxygen atoms in total. The molecular weight excluding hydrogens is 378 g/mol. The average Bonchev–Trinajstić information content (AvgIpc) is 2.78. The molecule has 0 saturated carbocycles. The van der Waals surface area contributed by atoms with E-state index in [4.69, 9.17) is 15.3 Å². The van der Waals surface area contributed by atoms with Crippen molar-refractivity contribution in [2.45, 2.75) is 44.9 Å². The van der Waals surface area contributed by atoms with E-state index < -0.39 is 0 Å². The molecule has 0 aliphatic heterocycles. The third-order valence-corrected chi connectivity index (χ3v) is 5.00. The average molecular weight is 414 g/mol. The Morgan fingerprint density at radius 1 is 0.567 bits per heavy atom. The third-order valence-electron chi connectivity index (χ3n) is 5.00. The Kier molecular flexibility index (Phi) is 11.7. The number of hydrogen-bond acceptors (Lipinski definition) is 6. The molecule has 3 N–H and O–H groups in total. The van der Waals surface area contributed by atoms with Crippen LogP contribution >= 0.6 is 0 Å². The molecule has 0 unspecified atom stereocenters. The monoisotopic (exact) mass is 413 g/mol. The van der Waals surface area contributed by atoms with E-state index in [9.17, 15) is 0 Å². The number of hydrogen-bond donors (Lipinski definition) is 3. The molecule has 6 heteroatoms. The topological polar surface area (TPSA) is 88.7 Å². The molecule has 0 spiro atoms. The number of unbranched alkanes of at least 4 members (excludes halogenated alkanes) is 4. The second-order valence-electron chi connectivity index (χ2n) is 7.41. The van der Waals surface area contributed by atoms with Gasteiger partial charge in [-0.25, -0.2) is 0 Å². The fourth-order valence-electron chi connectivity index (χ4n) is 3.26. The van der Waals surface area contributed by atoms with Gasteiger partial charge in [0.15, 0.2) is 0 Å². The summed E-state index contributed by atoms with van der Waals surface area (Å²) >= 11 is 0. The molecule has 0 heterocycles. The van der Waals surface area contributed by atoms with Gasteiger partial charge >= 0.3 is 0 Å². The lowest BCUT2D eigenvalue weighted by Crippen LogP contribution is -2.25. The van der Waals surface area contributed by atoms with Gasteiger partial charge in [0.1, 0.15) is 0 Å². The fourth-order valence-corrected chi connectivity index (χ4v) is 3.26. The van der Waals surface area contributed by atoms with Crippen LogP contribution in [0.3, 0.4) is 0 Å². The number of rotatable bonds is 15. The Morgan fingerprint density at radius 3 is 1.53 bits per heavy atom. The molecule has 30 heavy (non-hydrogen) atoms. The molecule has 164 valence electrons.